The minimum Gasteiger partial charge on any atom is -0.497 e. The Balaban J connectivity index is 1.68. The molecule has 1 aliphatic carbocycles. The molecule has 1 aliphatic rings. The van der Waals surface area contributed by atoms with Gasteiger partial charge in [-0.3, -0.25) is 9.59 Å². The van der Waals surface area contributed by atoms with Crippen LogP contribution in [-0.2, 0) is 16.1 Å². The van der Waals surface area contributed by atoms with E-state index in [-0.39, 0.29) is 24.5 Å². The number of carbonyl (C=O) groups excluding carboxylic acids is 2. The number of methoxy groups -OCH3 is 1. The lowest BCUT2D eigenvalue weighted by molar-refractivity contribution is -0.142. The number of carbonyl (C=O) groups is 2. The third-order valence-corrected chi connectivity index (χ3v) is 5.81. The number of hydrogen-bond acceptors (Lipinski definition) is 4. The average Bonchev–Trinajstić information content (AvgIpc) is 3.30. The van der Waals surface area contributed by atoms with E-state index in [1.165, 1.54) is 0 Å². The van der Waals surface area contributed by atoms with Crippen LogP contribution in [0.25, 0.3) is 0 Å². The largest absolute Gasteiger partial charge is 0.497 e. The molecule has 6 nitrogen and oxygen atoms in total. The topological polar surface area (TPSA) is 67.9 Å². The Hall–Kier alpha value is -2.73. The Morgan fingerprint density at radius 1 is 1.06 bits per heavy atom. The third-order valence-electron chi connectivity index (χ3n) is 5.56. The van der Waals surface area contributed by atoms with E-state index in [9.17, 15) is 9.59 Å². The number of rotatable bonds is 9. The predicted octanol–water partition coefficient (Wildman–Crippen LogP) is 4.20. The lowest BCUT2D eigenvalue weighted by Crippen LogP contribution is -2.50. The van der Waals surface area contributed by atoms with Crippen molar-refractivity contribution >= 4 is 23.4 Å². The fourth-order valence-electron chi connectivity index (χ4n) is 3.66. The van der Waals surface area contributed by atoms with Gasteiger partial charge in [0.2, 0.25) is 5.91 Å². The highest BCUT2D eigenvalue weighted by Gasteiger charge is 2.28. The lowest BCUT2D eigenvalue weighted by Gasteiger charge is -2.29. The van der Waals surface area contributed by atoms with E-state index in [0.29, 0.717) is 23.1 Å². The van der Waals surface area contributed by atoms with E-state index < -0.39 is 6.04 Å². The van der Waals surface area contributed by atoms with Gasteiger partial charge in [-0.05, 0) is 61.7 Å². The fourth-order valence-corrected chi connectivity index (χ4v) is 3.79. The maximum Gasteiger partial charge on any atom is 0.261 e. The van der Waals surface area contributed by atoms with Crippen molar-refractivity contribution in [2.45, 2.75) is 51.2 Å². The van der Waals surface area contributed by atoms with Crippen LogP contribution >= 0.6 is 11.6 Å². The quantitative estimate of drug-likeness (QED) is 0.629. The summed E-state index contributed by atoms with van der Waals surface area (Å²) >= 11 is 5.98. The van der Waals surface area contributed by atoms with Crippen molar-refractivity contribution in [3.8, 4) is 11.5 Å². The van der Waals surface area contributed by atoms with Crippen molar-refractivity contribution in [3.63, 3.8) is 0 Å². The summed E-state index contributed by atoms with van der Waals surface area (Å²) in [6.45, 7) is 1.88. The van der Waals surface area contributed by atoms with Gasteiger partial charge in [-0.15, -0.1) is 0 Å². The first kappa shape index (κ1) is 22.9. The molecule has 0 radical (unpaired) electrons. The Kier molecular flexibility index (Phi) is 8.18. The van der Waals surface area contributed by atoms with Gasteiger partial charge in [0.15, 0.2) is 6.61 Å². The molecule has 0 saturated heterocycles. The predicted molar refractivity (Wildman–Crippen MR) is 120 cm³/mol. The zero-order chi connectivity index (χ0) is 22.2. The van der Waals surface area contributed by atoms with E-state index in [4.69, 9.17) is 21.1 Å². The van der Waals surface area contributed by atoms with Crippen molar-refractivity contribution in [2.24, 2.45) is 0 Å². The average molecular weight is 445 g/mol. The van der Waals surface area contributed by atoms with Crippen molar-refractivity contribution in [1.29, 1.82) is 0 Å². The second kappa shape index (κ2) is 11.0. The maximum absolute atomic E-state index is 13.1. The number of nitrogens with zero attached hydrogens (tertiary/aromatic N) is 1. The molecule has 0 aromatic heterocycles. The van der Waals surface area contributed by atoms with Crippen LogP contribution < -0.4 is 14.8 Å². The number of benzene rings is 2. The van der Waals surface area contributed by atoms with Crippen LogP contribution in [0.15, 0.2) is 48.5 Å². The molecule has 2 amide bonds. The molecular formula is C24H29ClN2O4. The van der Waals surface area contributed by atoms with E-state index in [1.807, 2.05) is 12.1 Å². The number of halogens is 1. The molecule has 7 heteroatoms. The smallest absolute Gasteiger partial charge is 0.261 e. The van der Waals surface area contributed by atoms with Gasteiger partial charge in [-0.25, -0.2) is 0 Å². The molecule has 166 valence electrons. The molecule has 1 fully saturated rings. The number of ether oxygens (including phenoxy) is 2. The van der Waals surface area contributed by atoms with E-state index >= 15 is 0 Å². The van der Waals surface area contributed by atoms with Gasteiger partial charge in [0, 0.05) is 17.6 Å². The first-order chi connectivity index (χ1) is 15.0. The van der Waals surface area contributed by atoms with Gasteiger partial charge in [0.25, 0.3) is 5.91 Å². The summed E-state index contributed by atoms with van der Waals surface area (Å²) in [6.07, 6.45) is 4.24. The molecule has 2 aromatic carbocycles. The number of nitrogens with one attached hydrogen (secondary N) is 1. The van der Waals surface area contributed by atoms with E-state index in [0.717, 1.165) is 31.2 Å². The Morgan fingerprint density at radius 2 is 1.68 bits per heavy atom. The van der Waals surface area contributed by atoms with Crippen molar-refractivity contribution < 1.29 is 19.1 Å². The molecule has 1 N–H and O–H groups in total. The second-order valence-electron chi connectivity index (χ2n) is 7.78. The van der Waals surface area contributed by atoms with Crippen LogP contribution in [-0.4, -0.2) is 42.5 Å². The summed E-state index contributed by atoms with van der Waals surface area (Å²) in [5.74, 6) is 0.863. The Morgan fingerprint density at radius 3 is 2.29 bits per heavy atom. The monoisotopic (exact) mass is 444 g/mol. The summed E-state index contributed by atoms with van der Waals surface area (Å²) in [5.41, 5.74) is 0.891. The van der Waals surface area contributed by atoms with Crippen LogP contribution in [0, 0.1) is 0 Å². The summed E-state index contributed by atoms with van der Waals surface area (Å²) in [7, 11) is 1.59. The first-order valence-electron chi connectivity index (χ1n) is 10.6. The van der Waals surface area contributed by atoms with Gasteiger partial charge < -0.3 is 19.7 Å². The van der Waals surface area contributed by atoms with Gasteiger partial charge in [-0.1, -0.05) is 36.6 Å². The molecule has 0 aliphatic heterocycles. The van der Waals surface area contributed by atoms with Gasteiger partial charge >= 0.3 is 0 Å². The van der Waals surface area contributed by atoms with Crippen LogP contribution in [0.2, 0.25) is 5.02 Å². The molecule has 1 saturated carbocycles. The summed E-state index contributed by atoms with van der Waals surface area (Å²) in [5, 5.41) is 3.71. The highest BCUT2D eigenvalue weighted by atomic mass is 35.5. The summed E-state index contributed by atoms with van der Waals surface area (Å²) < 4.78 is 10.8. The van der Waals surface area contributed by atoms with Crippen LogP contribution in [0.3, 0.4) is 0 Å². The first-order valence-corrected chi connectivity index (χ1v) is 10.9. The molecule has 31 heavy (non-hydrogen) atoms. The second-order valence-corrected chi connectivity index (χ2v) is 8.21. The van der Waals surface area contributed by atoms with Crippen molar-refractivity contribution in [2.75, 3.05) is 13.7 Å². The molecular weight excluding hydrogens is 416 g/mol. The Bertz CT molecular complexity index is 864. The van der Waals surface area contributed by atoms with Gasteiger partial charge in [0.05, 0.1) is 7.11 Å². The highest BCUT2D eigenvalue weighted by molar-refractivity contribution is 6.30. The van der Waals surface area contributed by atoms with Crippen LogP contribution in [0.5, 0.6) is 11.5 Å². The minimum absolute atomic E-state index is 0.140. The van der Waals surface area contributed by atoms with Crippen molar-refractivity contribution in [1.82, 2.24) is 10.2 Å². The summed E-state index contributed by atoms with van der Waals surface area (Å²) in [6, 6.07) is 13.8. The van der Waals surface area contributed by atoms with Gasteiger partial charge in [0.1, 0.15) is 17.5 Å². The highest BCUT2D eigenvalue weighted by Crippen LogP contribution is 2.20. The zero-order valence-electron chi connectivity index (χ0n) is 18.0. The molecule has 3 rings (SSSR count). The molecule has 0 spiro atoms. The normalized spacial score (nSPS) is 14.7. The zero-order valence-corrected chi connectivity index (χ0v) is 18.7. The van der Waals surface area contributed by atoms with E-state index in [2.05, 4.69) is 5.32 Å². The maximum atomic E-state index is 13.1. The van der Waals surface area contributed by atoms with Crippen LogP contribution in [0.1, 0.15) is 38.2 Å². The molecule has 0 heterocycles. The molecule has 0 bridgehead atoms. The summed E-state index contributed by atoms with van der Waals surface area (Å²) in [4.78, 5) is 27.5. The third kappa shape index (κ3) is 6.62. The lowest BCUT2D eigenvalue weighted by atomic mass is 10.1. The Labute approximate surface area is 188 Å². The molecule has 2 aromatic rings. The number of amides is 2. The fraction of sp³-hybridized carbons (Fsp3) is 0.417. The van der Waals surface area contributed by atoms with Crippen molar-refractivity contribution in [3.05, 3.63) is 59.1 Å². The standard InChI is InChI=1S/C24H29ClN2O4/c1-17(24(29)26-20-5-3-4-6-20)27(15-18-7-9-19(25)10-8-18)23(28)16-31-22-13-11-21(30-2)12-14-22/h7-14,17,20H,3-6,15-16H2,1-2H3,(H,26,29)/t17-/m1/s1. The SMILES string of the molecule is COc1ccc(OCC(=O)N(Cc2ccc(Cl)cc2)[C@H](C)C(=O)NC2CCCC2)cc1. The molecule has 0 unspecified atom stereocenters. The number of hydrogen-bond donors (Lipinski definition) is 1. The van der Waals surface area contributed by atoms with Crippen LogP contribution in [0.4, 0.5) is 0 Å². The van der Waals surface area contributed by atoms with E-state index in [1.54, 1.807) is 55.3 Å². The molecule has 1 atom stereocenters. The van der Waals surface area contributed by atoms with Gasteiger partial charge in [-0.2, -0.15) is 0 Å². The minimum atomic E-state index is -0.622.